The van der Waals surface area contributed by atoms with E-state index in [1.165, 1.54) is 12.1 Å². The predicted octanol–water partition coefficient (Wildman–Crippen LogP) is 0.590. The zero-order valence-corrected chi connectivity index (χ0v) is 14.1. The molecule has 0 unspecified atom stereocenters. The first-order chi connectivity index (χ1) is 11.6. The van der Waals surface area contributed by atoms with Crippen LogP contribution in [0.2, 0.25) is 0 Å². The third-order valence-electron chi connectivity index (χ3n) is 4.02. The fraction of sp³-hybridized carbons (Fsp3) is 0.529. The molecule has 0 aromatic heterocycles. The van der Waals surface area contributed by atoms with E-state index in [0.717, 1.165) is 38.3 Å². The maximum absolute atomic E-state index is 13.0. The summed E-state index contributed by atoms with van der Waals surface area (Å²) in [7, 11) is 0. The first-order valence-electron chi connectivity index (χ1n) is 8.39. The summed E-state index contributed by atoms with van der Waals surface area (Å²) in [6.45, 7) is 7.07. The summed E-state index contributed by atoms with van der Waals surface area (Å²) in [5.74, 6) is -1.37. The van der Waals surface area contributed by atoms with Crippen molar-refractivity contribution in [1.29, 1.82) is 0 Å². The van der Waals surface area contributed by atoms with Crippen LogP contribution in [0, 0.1) is 5.82 Å². The van der Waals surface area contributed by atoms with E-state index in [1.54, 1.807) is 12.1 Å². The van der Waals surface area contributed by atoms with Gasteiger partial charge in [-0.1, -0.05) is 6.92 Å². The number of anilines is 1. The smallest absolute Gasteiger partial charge is 0.309 e. The molecule has 7 heteroatoms. The van der Waals surface area contributed by atoms with Gasteiger partial charge in [-0.05, 0) is 30.7 Å². The summed E-state index contributed by atoms with van der Waals surface area (Å²) < 4.78 is 13.0. The predicted molar refractivity (Wildman–Crippen MR) is 91.4 cm³/mol. The van der Waals surface area contributed by atoms with Crippen LogP contribution in [-0.4, -0.2) is 62.5 Å². The zero-order chi connectivity index (χ0) is 17.4. The van der Waals surface area contributed by atoms with Crippen molar-refractivity contribution in [2.75, 3.05) is 50.7 Å². The van der Waals surface area contributed by atoms with Crippen molar-refractivity contribution in [2.24, 2.45) is 0 Å². The lowest BCUT2D eigenvalue weighted by Crippen LogP contribution is -2.49. The molecule has 2 rings (SSSR count). The third kappa shape index (κ3) is 5.49. The molecule has 1 aromatic carbocycles. The Hall–Kier alpha value is -2.15. The molecule has 2 amide bonds. The summed E-state index contributed by atoms with van der Waals surface area (Å²) in [6, 6.07) is 6.53. The molecule has 0 radical (unpaired) electrons. The van der Waals surface area contributed by atoms with Gasteiger partial charge in [0.25, 0.3) is 0 Å². The number of amides is 2. The average Bonchev–Trinajstić information content (AvgIpc) is 2.61. The topological polar surface area (TPSA) is 64.7 Å². The molecule has 0 bridgehead atoms. The molecule has 1 fully saturated rings. The van der Waals surface area contributed by atoms with Gasteiger partial charge in [-0.25, -0.2) is 4.39 Å². The van der Waals surface area contributed by atoms with Crippen molar-refractivity contribution in [2.45, 2.75) is 13.3 Å². The number of hydrogen-bond acceptors (Lipinski definition) is 4. The van der Waals surface area contributed by atoms with E-state index in [1.807, 2.05) is 6.92 Å². The van der Waals surface area contributed by atoms with Crippen LogP contribution in [0.1, 0.15) is 13.3 Å². The molecule has 0 spiro atoms. The Morgan fingerprint density at radius 1 is 1.00 bits per heavy atom. The van der Waals surface area contributed by atoms with Crippen LogP contribution in [0.3, 0.4) is 0 Å². The number of carbonyl (C=O) groups is 2. The van der Waals surface area contributed by atoms with Crippen LogP contribution in [0.5, 0.6) is 0 Å². The number of halogens is 1. The summed E-state index contributed by atoms with van der Waals surface area (Å²) >= 11 is 0. The summed E-state index contributed by atoms with van der Waals surface area (Å²) in [4.78, 5) is 27.5. The second kappa shape index (κ2) is 9.22. The van der Waals surface area contributed by atoms with Crippen molar-refractivity contribution < 1.29 is 14.0 Å². The molecule has 132 valence electrons. The van der Waals surface area contributed by atoms with Crippen molar-refractivity contribution in [3.63, 3.8) is 0 Å². The Morgan fingerprint density at radius 3 is 2.17 bits per heavy atom. The summed E-state index contributed by atoms with van der Waals surface area (Å²) in [5, 5.41) is 5.19. The Balaban J connectivity index is 1.65. The van der Waals surface area contributed by atoms with E-state index in [-0.39, 0.29) is 5.82 Å². The third-order valence-corrected chi connectivity index (χ3v) is 4.02. The molecular formula is C17H25FN4O2. The number of carbonyl (C=O) groups excluding carboxylic acids is 2. The number of piperazine rings is 1. The number of hydrogen-bond donors (Lipinski definition) is 2. The standard InChI is InChI=1S/C17H25FN4O2/c1-2-7-19-16(23)17(24)20-8-9-21-10-12-22(13-11-21)15-5-3-14(18)4-6-15/h3-6H,2,7-13H2,1H3,(H,19,23)(H,20,24). The van der Waals surface area contributed by atoms with Crippen LogP contribution in [0.4, 0.5) is 10.1 Å². The van der Waals surface area contributed by atoms with E-state index in [4.69, 9.17) is 0 Å². The SMILES string of the molecule is CCCNC(=O)C(=O)NCCN1CCN(c2ccc(F)cc2)CC1. The average molecular weight is 336 g/mol. The Labute approximate surface area is 142 Å². The van der Waals surface area contributed by atoms with Gasteiger partial charge in [0.15, 0.2) is 0 Å². The highest BCUT2D eigenvalue weighted by Gasteiger charge is 2.18. The molecule has 2 N–H and O–H groups in total. The van der Waals surface area contributed by atoms with Gasteiger partial charge in [0, 0.05) is 51.5 Å². The van der Waals surface area contributed by atoms with Gasteiger partial charge in [-0.15, -0.1) is 0 Å². The minimum atomic E-state index is -0.576. The minimum Gasteiger partial charge on any atom is -0.369 e. The molecule has 1 heterocycles. The molecule has 1 aliphatic heterocycles. The van der Waals surface area contributed by atoms with Gasteiger partial charge in [0.05, 0.1) is 0 Å². The molecule has 1 aliphatic rings. The molecular weight excluding hydrogens is 311 g/mol. The fourth-order valence-corrected chi connectivity index (χ4v) is 2.61. The van der Waals surface area contributed by atoms with Gasteiger partial charge >= 0.3 is 11.8 Å². The first-order valence-corrected chi connectivity index (χ1v) is 8.39. The lowest BCUT2D eigenvalue weighted by Gasteiger charge is -2.36. The van der Waals surface area contributed by atoms with Crippen molar-refractivity contribution >= 4 is 17.5 Å². The largest absolute Gasteiger partial charge is 0.369 e. The number of benzene rings is 1. The van der Waals surface area contributed by atoms with Crippen LogP contribution >= 0.6 is 0 Å². The molecule has 24 heavy (non-hydrogen) atoms. The maximum Gasteiger partial charge on any atom is 0.309 e. The van der Waals surface area contributed by atoms with Crippen LogP contribution in [-0.2, 0) is 9.59 Å². The highest BCUT2D eigenvalue weighted by Crippen LogP contribution is 2.16. The van der Waals surface area contributed by atoms with E-state index >= 15 is 0 Å². The Morgan fingerprint density at radius 2 is 1.58 bits per heavy atom. The van der Waals surface area contributed by atoms with Crippen LogP contribution in [0.15, 0.2) is 24.3 Å². The highest BCUT2D eigenvalue weighted by atomic mass is 19.1. The first kappa shape index (κ1) is 18.2. The quantitative estimate of drug-likeness (QED) is 0.747. The monoisotopic (exact) mass is 336 g/mol. The van der Waals surface area contributed by atoms with Crippen LogP contribution in [0.25, 0.3) is 0 Å². The van der Waals surface area contributed by atoms with Crippen molar-refractivity contribution in [3.05, 3.63) is 30.1 Å². The number of nitrogens with zero attached hydrogens (tertiary/aromatic N) is 2. The minimum absolute atomic E-state index is 0.226. The molecule has 0 atom stereocenters. The normalized spacial score (nSPS) is 15.2. The molecule has 0 saturated carbocycles. The fourth-order valence-electron chi connectivity index (χ4n) is 2.61. The van der Waals surface area contributed by atoms with Gasteiger partial charge in [-0.2, -0.15) is 0 Å². The summed E-state index contributed by atoms with van der Waals surface area (Å²) in [6.07, 6.45) is 0.803. The number of rotatable bonds is 6. The molecule has 6 nitrogen and oxygen atoms in total. The Kier molecular flexibility index (Phi) is 6.99. The lowest BCUT2D eigenvalue weighted by atomic mass is 10.2. The van der Waals surface area contributed by atoms with Crippen molar-refractivity contribution in [1.82, 2.24) is 15.5 Å². The van der Waals surface area contributed by atoms with E-state index in [9.17, 15) is 14.0 Å². The van der Waals surface area contributed by atoms with E-state index < -0.39 is 11.8 Å². The maximum atomic E-state index is 13.0. The van der Waals surface area contributed by atoms with Crippen LogP contribution < -0.4 is 15.5 Å². The van der Waals surface area contributed by atoms with E-state index in [0.29, 0.717) is 19.6 Å². The molecule has 1 aromatic rings. The molecule has 0 aliphatic carbocycles. The zero-order valence-electron chi connectivity index (χ0n) is 14.1. The van der Waals surface area contributed by atoms with Gasteiger partial charge < -0.3 is 15.5 Å². The van der Waals surface area contributed by atoms with Gasteiger partial charge in [-0.3, -0.25) is 14.5 Å². The second-order valence-electron chi connectivity index (χ2n) is 5.82. The lowest BCUT2D eigenvalue weighted by molar-refractivity contribution is -0.139. The second-order valence-corrected chi connectivity index (χ2v) is 5.82. The van der Waals surface area contributed by atoms with Crippen molar-refractivity contribution in [3.8, 4) is 0 Å². The highest BCUT2D eigenvalue weighted by molar-refractivity contribution is 6.35. The number of nitrogens with one attached hydrogen (secondary N) is 2. The van der Waals surface area contributed by atoms with Gasteiger partial charge in [0.1, 0.15) is 5.82 Å². The summed E-state index contributed by atoms with van der Waals surface area (Å²) in [5.41, 5.74) is 1.02. The van der Waals surface area contributed by atoms with E-state index in [2.05, 4.69) is 20.4 Å². The van der Waals surface area contributed by atoms with Gasteiger partial charge in [0.2, 0.25) is 0 Å². The molecule has 1 saturated heterocycles. The Bertz CT molecular complexity index is 542.